The van der Waals surface area contributed by atoms with Crippen molar-refractivity contribution in [2.75, 3.05) is 6.54 Å². The van der Waals surface area contributed by atoms with Gasteiger partial charge in [-0.2, -0.15) is 0 Å². The van der Waals surface area contributed by atoms with E-state index in [-0.39, 0.29) is 18.3 Å². The first kappa shape index (κ1) is 16.1. The first-order valence-corrected chi connectivity index (χ1v) is 7.54. The zero-order valence-electron chi connectivity index (χ0n) is 13.5. The largest absolute Gasteiger partial charge is 0.384 e. The van der Waals surface area contributed by atoms with Gasteiger partial charge in [-0.25, -0.2) is 9.37 Å². The van der Waals surface area contributed by atoms with E-state index >= 15 is 0 Å². The summed E-state index contributed by atoms with van der Waals surface area (Å²) in [5, 5.41) is 13.2. The Morgan fingerprint density at radius 1 is 1.29 bits per heavy atom. The number of carbonyl (C=O) groups excluding carboxylic acids is 1. The molecule has 1 amide bonds. The third kappa shape index (κ3) is 3.14. The van der Waals surface area contributed by atoms with Gasteiger partial charge in [0.15, 0.2) is 0 Å². The smallest absolute Gasteiger partial charge is 0.251 e. The fraction of sp³-hybridized carbons (Fsp3) is 0.222. The number of imidazole rings is 1. The summed E-state index contributed by atoms with van der Waals surface area (Å²) in [4.78, 5) is 16.5. The molecule has 2 N–H and O–H groups in total. The van der Waals surface area contributed by atoms with Gasteiger partial charge >= 0.3 is 0 Å². The summed E-state index contributed by atoms with van der Waals surface area (Å²) in [6, 6.07) is 10.8. The van der Waals surface area contributed by atoms with Gasteiger partial charge in [0.25, 0.3) is 5.91 Å². The standard InChI is InChI=1S/C18H18FN3O2/c1-18(24,13-4-6-14(19)7-5-13)10-20-17(23)12-3-8-16-15(9-12)21-11-22(16)2/h3-9,11,24H,10H2,1-2H3,(H,20,23). The van der Waals surface area contributed by atoms with E-state index in [1.807, 2.05) is 17.7 Å². The highest BCUT2D eigenvalue weighted by Gasteiger charge is 2.24. The molecule has 1 heterocycles. The molecule has 3 aromatic rings. The molecular formula is C18H18FN3O2. The van der Waals surface area contributed by atoms with E-state index in [9.17, 15) is 14.3 Å². The highest BCUT2D eigenvalue weighted by Crippen LogP contribution is 2.20. The molecule has 1 atom stereocenters. The molecular weight excluding hydrogens is 309 g/mol. The zero-order valence-corrected chi connectivity index (χ0v) is 13.5. The van der Waals surface area contributed by atoms with Crippen molar-refractivity contribution in [2.45, 2.75) is 12.5 Å². The summed E-state index contributed by atoms with van der Waals surface area (Å²) in [7, 11) is 1.88. The van der Waals surface area contributed by atoms with E-state index in [4.69, 9.17) is 0 Å². The number of rotatable bonds is 4. The van der Waals surface area contributed by atoms with Crippen molar-refractivity contribution in [2.24, 2.45) is 7.05 Å². The second-order valence-corrected chi connectivity index (χ2v) is 6.02. The molecule has 5 nitrogen and oxygen atoms in total. The SMILES string of the molecule is Cn1cnc2cc(C(=O)NCC(C)(O)c3ccc(F)cc3)ccc21. The third-order valence-corrected chi connectivity index (χ3v) is 4.05. The molecule has 0 spiro atoms. The molecule has 0 fully saturated rings. The number of nitrogens with one attached hydrogen (secondary N) is 1. The highest BCUT2D eigenvalue weighted by atomic mass is 19.1. The normalized spacial score (nSPS) is 13.7. The maximum atomic E-state index is 13.0. The monoisotopic (exact) mass is 327 g/mol. The van der Waals surface area contributed by atoms with Crippen molar-refractivity contribution >= 4 is 16.9 Å². The van der Waals surface area contributed by atoms with Crippen LogP contribution in [-0.2, 0) is 12.6 Å². The Kier molecular flexibility index (Phi) is 4.07. The summed E-state index contributed by atoms with van der Waals surface area (Å²) in [6.07, 6.45) is 1.69. The van der Waals surface area contributed by atoms with Gasteiger partial charge in [-0.15, -0.1) is 0 Å². The van der Waals surface area contributed by atoms with Gasteiger partial charge in [0.05, 0.1) is 23.9 Å². The fourth-order valence-corrected chi connectivity index (χ4v) is 2.54. The lowest BCUT2D eigenvalue weighted by Crippen LogP contribution is -2.38. The predicted octanol–water partition coefficient (Wildman–Crippen LogP) is 2.35. The summed E-state index contributed by atoms with van der Waals surface area (Å²) in [5.74, 6) is -0.674. The fourth-order valence-electron chi connectivity index (χ4n) is 2.54. The second kappa shape index (κ2) is 6.05. The van der Waals surface area contributed by atoms with E-state index in [0.717, 1.165) is 11.0 Å². The van der Waals surface area contributed by atoms with Crippen LogP contribution in [0, 0.1) is 5.82 Å². The molecule has 1 unspecified atom stereocenters. The first-order chi connectivity index (χ1) is 11.4. The molecule has 124 valence electrons. The molecule has 1 aromatic heterocycles. The summed E-state index contributed by atoms with van der Waals surface area (Å²) < 4.78 is 14.9. The van der Waals surface area contributed by atoms with Crippen LogP contribution in [0.3, 0.4) is 0 Å². The Hall–Kier alpha value is -2.73. The number of halogens is 1. The van der Waals surface area contributed by atoms with Crippen LogP contribution >= 0.6 is 0 Å². The molecule has 0 aliphatic carbocycles. The number of nitrogens with zero attached hydrogens (tertiary/aromatic N) is 2. The van der Waals surface area contributed by atoms with Gasteiger partial charge < -0.3 is 15.0 Å². The van der Waals surface area contributed by atoms with Crippen LogP contribution in [0.25, 0.3) is 11.0 Å². The Labute approximate surface area is 138 Å². The Balaban J connectivity index is 1.72. The van der Waals surface area contributed by atoms with Crippen LogP contribution in [0.15, 0.2) is 48.8 Å². The Morgan fingerprint density at radius 3 is 2.71 bits per heavy atom. The zero-order chi connectivity index (χ0) is 17.3. The Bertz CT molecular complexity index is 885. The second-order valence-electron chi connectivity index (χ2n) is 6.02. The van der Waals surface area contributed by atoms with E-state index in [1.165, 1.54) is 24.3 Å². The van der Waals surface area contributed by atoms with Gasteiger partial charge in [0, 0.05) is 12.6 Å². The maximum Gasteiger partial charge on any atom is 0.251 e. The molecule has 0 saturated carbocycles. The quantitative estimate of drug-likeness (QED) is 0.773. The topological polar surface area (TPSA) is 67.2 Å². The number of aromatic nitrogens is 2. The van der Waals surface area contributed by atoms with Crippen molar-refractivity contribution in [1.29, 1.82) is 0 Å². The van der Waals surface area contributed by atoms with Gasteiger partial charge in [0.2, 0.25) is 0 Å². The highest BCUT2D eigenvalue weighted by molar-refractivity contribution is 5.97. The summed E-state index contributed by atoms with van der Waals surface area (Å²) in [6.45, 7) is 1.58. The molecule has 0 bridgehead atoms. The molecule has 0 aliphatic heterocycles. The van der Waals surface area contributed by atoms with Crippen molar-refractivity contribution in [3.8, 4) is 0 Å². The lowest BCUT2D eigenvalue weighted by molar-refractivity contribution is 0.0526. The molecule has 0 radical (unpaired) electrons. The van der Waals surface area contributed by atoms with E-state index in [1.54, 1.807) is 25.4 Å². The van der Waals surface area contributed by atoms with Crippen LogP contribution in [0.1, 0.15) is 22.8 Å². The van der Waals surface area contributed by atoms with Crippen LogP contribution < -0.4 is 5.32 Å². The van der Waals surface area contributed by atoms with E-state index in [0.29, 0.717) is 11.1 Å². The van der Waals surface area contributed by atoms with Gasteiger partial charge in [-0.3, -0.25) is 4.79 Å². The Morgan fingerprint density at radius 2 is 2.00 bits per heavy atom. The molecule has 3 rings (SSSR count). The predicted molar refractivity (Wildman–Crippen MR) is 89.0 cm³/mol. The van der Waals surface area contributed by atoms with Crippen LogP contribution in [0.5, 0.6) is 0 Å². The average Bonchev–Trinajstić information content (AvgIpc) is 2.94. The first-order valence-electron chi connectivity index (χ1n) is 7.54. The lowest BCUT2D eigenvalue weighted by atomic mass is 9.96. The summed E-state index contributed by atoms with van der Waals surface area (Å²) in [5.41, 5.74) is 1.37. The summed E-state index contributed by atoms with van der Waals surface area (Å²) >= 11 is 0. The lowest BCUT2D eigenvalue weighted by Gasteiger charge is -2.24. The molecule has 2 aromatic carbocycles. The van der Waals surface area contributed by atoms with Crippen LogP contribution in [0.4, 0.5) is 4.39 Å². The van der Waals surface area contributed by atoms with E-state index in [2.05, 4.69) is 10.3 Å². The van der Waals surface area contributed by atoms with Crippen molar-refractivity contribution < 1.29 is 14.3 Å². The number of amides is 1. The number of hydrogen-bond acceptors (Lipinski definition) is 3. The number of fused-ring (bicyclic) bond motifs is 1. The maximum absolute atomic E-state index is 13.0. The van der Waals surface area contributed by atoms with Crippen LogP contribution in [0.2, 0.25) is 0 Å². The van der Waals surface area contributed by atoms with Crippen molar-refractivity contribution in [3.05, 3.63) is 65.7 Å². The number of carbonyl (C=O) groups is 1. The number of aryl methyl sites for hydroxylation is 1. The number of benzene rings is 2. The van der Waals surface area contributed by atoms with E-state index < -0.39 is 5.60 Å². The van der Waals surface area contributed by atoms with Gasteiger partial charge in [-0.1, -0.05) is 12.1 Å². The molecule has 0 aliphatic rings. The number of hydrogen-bond donors (Lipinski definition) is 2. The van der Waals surface area contributed by atoms with Gasteiger partial charge in [-0.05, 0) is 42.8 Å². The minimum atomic E-state index is -1.29. The van der Waals surface area contributed by atoms with Crippen LogP contribution in [-0.4, -0.2) is 27.1 Å². The van der Waals surface area contributed by atoms with Gasteiger partial charge in [0.1, 0.15) is 11.4 Å². The molecule has 24 heavy (non-hydrogen) atoms. The van der Waals surface area contributed by atoms with Crippen molar-refractivity contribution in [3.63, 3.8) is 0 Å². The minimum Gasteiger partial charge on any atom is -0.384 e. The molecule has 0 saturated heterocycles. The minimum absolute atomic E-state index is 0.0116. The average molecular weight is 327 g/mol. The van der Waals surface area contributed by atoms with Crippen molar-refractivity contribution in [1.82, 2.24) is 14.9 Å². The third-order valence-electron chi connectivity index (χ3n) is 4.05. The number of aliphatic hydroxyl groups is 1. The molecule has 6 heteroatoms.